The van der Waals surface area contributed by atoms with Crippen molar-refractivity contribution in [1.29, 1.82) is 0 Å². The van der Waals surface area contributed by atoms with Crippen molar-refractivity contribution in [3.63, 3.8) is 0 Å². The van der Waals surface area contributed by atoms with Crippen molar-refractivity contribution in [3.8, 4) is 28.8 Å². The normalized spacial score (nSPS) is 12.2. The quantitative estimate of drug-likeness (QED) is 0.0914. The van der Waals surface area contributed by atoms with Crippen molar-refractivity contribution in [3.05, 3.63) is 143 Å². The first kappa shape index (κ1) is 36.4. The molecule has 0 amide bonds. The van der Waals surface area contributed by atoms with Gasteiger partial charge < -0.3 is 23.8 Å². The molecule has 6 aromatic rings. The Hall–Kier alpha value is -5.38. The molecule has 52 heavy (non-hydrogen) atoms. The Morgan fingerprint density at radius 1 is 0.808 bits per heavy atom. The van der Waals surface area contributed by atoms with Crippen LogP contribution in [-0.4, -0.2) is 27.3 Å². The number of carbonyl (C=O) groups is 1. The van der Waals surface area contributed by atoms with E-state index in [0.29, 0.717) is 44.2 Å². The van der Waals surface area contributed by atoms with Gasteiger partial charge >= 0.3 is 13.6 Å². The summed E-state index contributed by atoms with van der Waals surface area (Å²) in [5.74, 6) is -0.273. The van der Waals surface area contributed by atoms with Crippen LogP contribution in [0.3, 0.4) is 0 Å². The molecule has 0 aliphatic rings. The molecule has 0 aliphatic carbocycles. The second kappa shape index (κ2) is 15.5. The number of ether oxygens (including phenoxy) is 2. The van der Waals surface area contributed by atoms with Gasteiger partial charge in [0.1, 0.15) is 22.1 Å². The topological polar surface area (TPSA) is 114 Å². The Labute approximate surface area is 307 Å². The van der Waals surface area contributed by atoms with Crippen LogP contribution in [0.1, 0.15) is 65.7 Å². The van der Waals surface area contributed by atoms with Crippen LogP contribution in [0, 0.1) is 13.8 Å². The average molecular weight is 737 g/mol. The summed E-state index contributed by atoms with van der Waals surface area (Å²) in [7, 11) is -4.36. The predicted molar refractivity (Wildman–Crippen MR) is 204 cm³/mol. The number of para-hydroxylation sites is 3. The zero-order valence-electron chi connectivity index (χ0n) is 29.9. The van der Waals surface area contributed by atoms with E-state index in [0.717, 1.165) is 22.6 Å². The first-order chi connectivity index (χ1) is 24.9. The molecule has 2 aromatic heterocycles. The summed E-state index contributed by atoms with van der Waals surface area (Å²) in [6, 6.07) is 35.0. The third-order valence-electron chi connectivity index (χ3n) is 8.06. The fourth-order valence-corrected chi connectivity index (χ4v) is 8.41. The monoisotopic (exact) mass is 736 g/mol. The van der Waals surface area contributed by atoms with Crippen molar-refractivity contribution < 1.29 is 27.9 Å². The van der Waals surface area contributed by atoms with Crippen molar-refractivity contribution in [2.24, 2.45) is 0 Å². The van der Waals surface area contributed by atoms with Gasteiger partial charge in [0.25, 0.3) is 0 Å². The second-order valence-electron chi connectivity index (χ2n) is 13.0. The Morgan fingerprint density at radius 3 is 1.90 bits per heavy atom. The van der Waals surface area contributed by atoms with Gasteiger partial charge in [0.05, 0.1) is 29.2 Å². The van der Waals surface area contributed by atoms with Gasteiger partial charge in [-0.25, -0.2) is 19.0 Å². The fourth-order valence-electron chi connectivity index (χ4n) is 5.46. The largest absolute Gasteiger partial charge is 0.462 e. The van der Waals surface area contributed by atoms with Gasteiger partial charge in [-0.1, -0.05) is 98.8 Å². The Morgan fingerprint density at radius 2 is 1.37 bits per heavy atom. The first-order valence-corrected chi connectivity index (χ1v) is 19.3. The van der Waals surface area contributed by atoms with E-state index in [1.807, 2.05) is 73.7 Å². The van der Waals surface area contributed by atoms with E-state index in [2.05, 4.69) is 31.1 Å². The van der Waals surface area contributed by atoms with Gasteiger partial charge in [-0.2, -0.15) is 5.10 Å². The van der Waals surface area contributed by atoms with Crippen molar-refractivity contribution in [2.45, 2.75) is 52.7 Å². The predicted octanol–water partition coefficient (Wildman–Crippen LogP) is 10.7. The molecule has 0 radical (unpaired) electrons. The van der Waals surface area contributed by atoms with Crippen LogP contribution in [0.25, 0.3) is 5.69 Å². The Bertz CT molecular complexity index is 2120. The SMILES string of the molecule is CCOC(=O)c1sc(NC(c2c(C)nn(-c3ccccc3)c2Oc2ccc(C(C)(C)C)cc2)P(=O)(Oc2ccccc2)Oc2ccccc2)nc1C. The molecule has 2 heterocycles. The van der Waals surface area contributed by atoms with Crippen molar-refractivity contribution in [1.82, 2.24) is 14.8 Å². The zero-order valence-corrected chi connectivity index (χ0v) is 31.6. The maximum absolute atomic E-state index is 15.7. The zero-order chi connectivity index (χ0) is 36.9. The molecule has 268 valence electrons. The number of rotatable bonds is 13. The number of benzene rings is 4. The average Bonchev–Trinajstić information content (AvgIpc) is 3.66. The van der Waals surface area contributed by atoms with Gasteiger partial charge in [0.2, 0.25) is 5.88 Å². The molecule has 0 spiro atoms. The fraction of sp³-hybridized carbons (Fsp3) is 0.225. The maximum Gasteiger partial charge on any atom is 0.457 e. The van der Waals surface area contributed by atoms with Crippen LogP contribution >= 0.6 is 18.9 Å². The highest BCUT2D eigenvalue weighted by molar-refractivity contribution is 7.55. The first-order valence-electron chi connectivity index (χ1n) is 16.9. The lowest BCUT2D eigenvalue weighted by Crippen LogP contribution is -2.19. The molecule has 10 nitrogen and oxygen atoms in total. The van der Waals surface area contributed by atoms with E-state index >= 15 is 4.57 Å². The number of hydrogen-bond acceptors (Lipinski definition) is 10. The van der Waals surface area contributed by atoms with E-state index in [1.165, 1.54) is 0 Å². The van der Waals surface area contributed by atoms with E-state index in [4.69, 9.17) is 23.6 Å². The number of thiazole rings is 1. The van der Waals surface area contributed by atoms with Crippen LogP contribution in [0.2, 0.25) is 0 Å². The third-order valence-corrected chi connectivity index (χ3v) is 11.1. The number of carbonyl (C=O) groups excluding carboxylic acids is 1. The number of aromatic nitrogens is 3. The van der Waals surface area contributed by atoms with Crippen LogP contribution in [0.5, 0.6) is 23.1 Å². The van der Waals surface area contributed by atoms with E-state index < -0.39 is 19.3 Å². The van der Waals surface area contributed by atoms with Crippen LogP contribution in [0.15, 0.2) is 115 Å². The molecular formula is C40H41N4O6PS. The van der Waals surface area contributed by atoms with Gasteiger partial charge in [0.15, 0.2) is 10.9 Å². The molecule has 0 saturated carbocycles. The lowest BCUT2D eigenvalue weighted by Gasteiger charge is -2.28. The highest BCUT2D eigenvalue weighted by atomic mass is 32.1. The molecule has 1 unspecified atom stereocenters. The minimum absolute atomic E-state index is 0.0639. The highest BCUT2D eigenvalue weighted by Gasteiger charge is 2.46. The third kappa shape index (κ3) is 8.22. The Kier molecular flexibility index (Phi) is 10.8. The summed E-state index contributed by atoms with van der Waals surface area (Å²) in [6.45, 7) is 11.9. The standard InChI is InChI=1S/C40H41N4O6PS/c1-7-47-38(45)35-28(3)41-39(52-35)42-36(51(46,49-32-19-13-9-14-20-32)50-33-21-15-10-16-22-33)34-27(2)43-44(30-17-11-8-12-18-30)37(34)48-31-25-23-29(24-26-31)40(4,5)6/h8-26,36H,7H2,1-6H3,(H,41,42). The van der Waals surface area contributed by atoms with Crippen molar-refractivity contribution in [2.75, 3.05) is 11.9 Å². The van der Waals surface area contributed by atoms with Crippen LogP contribution < -0.4 is 19.1 Å². The van der Waals surface area contributed by atoms with E-state index in [9.17, 15) is 4.79 Å². The van der Waals surface area contributed by atoms with Crippen LogP contribution in [-0.2, 0) is 14.7 Å². The molecule has 4 aromatic carbocycles. The summed E-state index contributed by atoms with van der Waals surface area (Å²) in [6.07, 6.45) is 0. The lowest BCUT2D eigenvalue weighted by atomic mass is 9.87. The van der Waals surface area contributed by atoms with Gasteiger partial charge in [-0.05, 0) is 80.3 Å². The minimum atomic E-state index is -4.36. The number of anilines is 1. The molecule has 0 aliphatic heterocycles. The summed E-state index contributed by atoms with van der Waals surface area (Å²) in [5, 5.41) is 8.57. The smallest absolute Gasteiger partial charge is 0.457 e. The molecule has 0 fully saturated rings. The number of nitrogens with zero attached hydrogens (tertiary/aromatic N) is 3. The van der Waals surface area contributed by atoms with Crippen LogP contribution in [0.4, 0.5) is 5.13 Å². The number of aryl methyl sites for hydroxylation is 2. The summed E-state index contributed by atoms with van der Waals surface area (Å²) < 4.78 is 42.2. The Balaban J connectivity index is 1.57. The molecule has 0 bridgehead atoms. The van der Waals surface area contributed by atoms with Gasteiger partial charge in [-0.15, -0.1) is 0 Å². The minimum Gasteiger partial charge on any atom is -0.462 e. The molecule has 12 heteroatoms. The number of nitrogens with one attached hydrogen (secondary N) is 1. The van der Waals surface area contributed by atoms with Gasteiger partial charge in [0, 0.05) is 0 Å². The van der Waals surface area contributed by atoms with E-state index in [1.54, 1.807) is 67.1 Å². The molecule has 6 rings (SSSR count). The lowest BCUT2D eigenvalue weighted by molar-refractivity contribution is 0.0531. The van der Waals surface area contributed by atoms with Crippen molar-refractivity contribution >= 4 is 30.0 Å². The van der Waals surface area contributed by atoms with E-state index in [-0.39, 0.29) is 17.9 Å². The van der Waals surface area contributed by atoms with Gasteiger partial charge in [-0.3, -0.25) is 0 Å². The summed E-state index contributed by atoms with van der Waals surface area (Å²) in [4.78, 5) is 17.8. The molecule has 1 N–H and O–H groups in total. The summed E-state index contributed by atoms with van der Waals surface area (Å²) >= 11 is 1.08. The highest BCUT2D eigenvalue weighted by Crippen LogP contribution is 2.62. The molecule has 1 atom stereocenters. The maximum atomic E-state index is 15.7. The summed E-state index contributed by atoms with van der Waals surface area (Å²) in [5.41, 5.74) is 3.15. The molecular weight excluding hydrogens is 696 g/mol. The molecule has 0 saturated heterocycles. The number of esters is 1. The number of hydrogen-bond donors (Lipinski definition) is 1. The second-order valence-corrected chi connectivity index (χ2v) is 15.9.